The molecule has 0 bridgehead atoms. The lowest BCUT2D eigenvalue weighted by Crippen LogP contribution is -2.15. The zero-order chi connectivity index (χ0) is 22.7. The third-order valence-electron chi connectivity index (χ3n) is 3.36. The average Bonchev–Trinajstić information content (AvgIpc) is 2.76. The highest BCUT2D eigenvalue weighted by atomic mass is 35.5. The van der Waals surface area contributed by atoms with Crippen molar-refractivity contribution in [2.24, 2.45) is 0 Å². The number of alkyl halides is 1. The first kappa shape index (κ1) is 30.4. The summed E-state index contributed by atoms with van der Waals surface area (Å²) in [6.07, 6.45) is 0. The van der Waals surface area contributed by atoms with Crippen molar-refractivity contribution >= 4 is 17.6 Å². The molecule has 0 heterocycles. The lowest BCUT2D eigenvalue weighted by molar-refractivity contribution is -0.142. The van der Waals surface area contributed by atoms with Gasteiger partial charge in [-0.05, 0) is 0 Å². The Kier molecular flexibility index (Phi) is 27.0. The molecule has 0 aromatic heterocycles. The van der Waals surface area contributed by atoms with Crippen LogP contribution in [0.2, 0.25) is 0 Å². The van der Waals surface area contributed by atoms with E-state index >= 15 is 0 Å². The van der Waals surface area contributed by atoms with Gasteiger partial charge in [0.2, 0.25) is 0 Å². The van der Waals surface area contributed by atoms with Crippen molar-refractivity contribution < 1.29 is 47.4 Å². The zero-order valence-corrected chi connectivity index (χ0v) is 19.4. The summed E-state index contributed by atoms with van der Waals surface area (Å²) in [6.45, 7) is 9.66. The fourth-order valence-electron chi connectivity index (χ4n) is 1.94. The van der Waals surface area contributed by atoms with Crippen molar-refractivity contribution in [1.29, 1.82) is 0 Å². The quantitative estimate of drug-likeness (QED) is 0.102. The highest BCUT2D eigenvalue weighted by molar-refractivity contribution is 6.17. The summed E-state index contributed by atoms with van der Waals surface area (Å²) in [7, 11) is 0. The first-order valence-corrected chi connectivity index (χ1v) is 11.1. The predicted octanol–water partition coefficient (Wildman–Crippen LogP) is 0.921. The normalized spacial score (nSPS) is 11.2. The Balaban J connectivity index is 3.00. The van der Waals surface area contributed by atoms with Gasteiger partial charge in [-0.1, -0.05) is 0 Å². The highest BCUT2D eigenvalue weighted by Gasteiger charge is 1.96. The maximum atomic E-state index is 10.5. The summed E-state index contributed by atoms with van der Waals surface area (Å²) >= 11 is 5.48. The van der Waals surface area contributed by atoms with Crippen molar-refractivity contribution in [2.75, 3.05) is 118 Å². The lowest BCUT2D eigenvalue weighted by atomic mass is 10.6. The van der Waals surface area contributed by atoms with Crippen LogP contribution >= 0.6 is 11.6 Å². The summed E-state index contributed by atoms with van der Waals surface area (Å²) in [5.74, 6) is 0.190. The van der Waals surface area contributed by atoms with Crippen LogP contribution in [0.3, 0.4) is 0 Å². The van der Waals surface area contributed by atoms with Gasteiger partial charge in [0.1, 0.15) is 6.61 Å². The Hall–Kier alpha value is -0.560. The van der Waals surface area contributed by atoms with E-state index < -0.39 is 0 Å². The highest BCUT2D eigenvalue weighted by Crippen LogP contribution is 1.86. The van der Waals surface area contributed by atoms with Gasteiger partial charge in [-0.15, -0.1) is 11.6 Å². The predicted molar refractivity (Wildman–Crippen MR) is 114 cm³/mol. The van der Waals surface area contributed by atoms with Gasteiger partial charge >= 0.3 is 5.97 Å². The molecular weight excluding hydrogens is 436 g/mol. The van der Waals surface area contributed by atoms with Crippen LogP contribution in [-0.2, 0) is 47.4 Å². The van der Waals surface area contributed by atoms with Crippen LogP contribution in [0.15, 0.2) is 0 Å². The molecule has 0 aliphatic rings. The number of rotatable bonds is 26. The molecule has 0 amide bonds. The second-order valence-electron chi connectivity index (χ2n) is 5.93. The molecule has 31 heavy (non-hydrogen) atoms. The van der Waals surface area contributed by atoms with Gasteiger partial charge in [-0.3, -0.25) is 4.79 Å². The molecule has 0 aromatic rings. The van der Waals surface area contributed by atoms with E-state index in [1.165, 1.54) is 6.92 Å². The molecule has 0 radical (unpaired) electrons. The van der Waals surface area contributed by atoms with Crippen molar-refractivity contribution in [2.45, 2.75) is 6.92 Å². The molecule has 0 atom stereocenters. The first-order chi connectivity index (χ1) is 15.3. The standard InChI is InChI=1S/C20H39ClO10/c1-20(22)31-19-18-30-17-16-29-15-14-28-13-12-27-11-10-26-9-8-25-7-6-24-5-4-23-3-2-21/h2-19H2,1H3. The minimum Gasteiger partial charge on any atom is -0.463 e. The number of carbonyl (C=O) groups is 1. The average molecular weight is 475 g/mol. The van der Waals surface area contributed by atoms with E-state index in [1.54, 1.807) is 0 Å². The molecule has 10 nitrogen and oxygen atoms in total. The number of hydrogen-bond acceptors (Lipinski definition) is 10. The topological polar surface area (TPSA) is 100 Å². The molecule has 0 rings (SSSR count). The molecule has 0 spiro atoms. The fraction of sp³-hybridized carbons (Fsp3) is 0.950. The second-order valence-corrected chi connectivity index (χ2v) is 6.31. The fourth-order valence-corrected chi connectivity index (χ4v) is 2.05. The van der Waals surface area contributed by atoms with Crippen LogP contribution in [-0.4, -0.2) is 124 Å². The smallest absolute Gasteiger partial charge is 0.302 e. The SMILES string of the molecule is CC(=O)OCCOCCOCCOCCOCCOCCOCCOCCOCCCl. The Morgan fingerprint density at radius 2 is 0.677 bits per heavy atom. The lowest BCUT2D eigenvalue weighted by Gasteiger charge is -2.08. The van der Waals surface area contributed by atoms with E-state index in [4.69, 9.17) is 54.2 Å². The number of ether oxygens (including phenoxy) is 9. The van der Waals surface area contributed by atoms with Gasteiger partial charge in [0, 0.05) is 12.8 Å². The number of esters is 1. The molecule has 0 aliphatic carbocycles. The molecule has 0 aliphatic heterocycles. The van der Waals surface area contributed by atoms with Crippen LogP contribution in [0.5, 0.6) is 0 Å². The maximum absolute atomic E-state index is 10.5. The minimum atomic E-state index is -0.308. The van der Waals surface area contributed by atoms with Crippen LogP contribution in [0.1, 0.15) is 6.92 Å². The number of hydrogen-bond donors (Lipinski definition) is 0. The van der Waals surface area contributed by atoms with Gasteiger partial charge in [0.05, 0.1) is 106 Å². The summed E-state index contributed by atoms with van der Waals surface area (Å²) in [5, 5.41) is 0. The Bertz CT molecular complexity index is 363. The Labute approximate surface area is 190 Å². The minimum absolute atomic E-state index is 0.263. The van der Waals surface area contributed by atoms with Crippen molar-refractivity contribution in [1.82, 2.24) is 0 Å². The summed E-state index contributed by atoms with van der Waals surface area (Å²) < 4.78 is 47.4. The van der Waals surface area contributed by atoms with Gasteiger partial charge in [0.15, 0.2) is 0 Å². The number of carbonyl (C=O) groups excluding carboxylic acids is 1. The monoisotopic (exact) mass is 474 g/mol. The molecule has 0 fully saturated rings. The van der Waals surface area contributed by atoms with Crippen LogP contribution < -0.4 is 0 Å². The Morgan fingerprint density at radius 3 is 0.903 bits per heavy atom. The molecule has 0 saturated carbocycles. The zero-order valence-electron chi connectivity index (χ0n) is 18.7. The van der Waals surface area contributed by atoms with Gasteiger partial charge in [0.25, 0.3) is 0 Å². The largest absolute Gasteiger partial charge is 0.463 e. The molecule has 0 saturated heterocycles. The molecule has 0 unspecified atom stereocenters. The maximum Gasteiger partial charge on any atom is 0.302 e. The Morgan fingerprint density at radius 1 is 0.452 bits per heavy atom. The third kappa shape index (κ3) is 29.4. The van der Waals surface area contributed by atoms with Gasteiger partial charge < -0.3 is 42.6 Å². The van der Waals surface area contributed by atoms with Crippen LogP contribution in [0.4, 0.5) is 0 Å². The second kappa shape index (κ2) is 27.5. The van der Waals surface area contributed by atoms with Crippen LogP contribution in [0.25, 0.3) is 0 Å². The molecule has 0 aromatic carbocycles. The number of halogens is 1. The molecule has 11 heteroatoms. The first-order valence-electron chi connectivity index (χ1n) is 10.6. The van der Waals surface area contributed by atoms with Gasteiger partial charge in [-0.2, -0.15) is 0 Å². The summed E-state index contributed by atoms with van der Waals surface area (Å²) in [6, 6.07) is 0. The molecular formula is C20H39ClO10. The van der Waals surface area contributed by atoms with Crippen molar-refractivity contribution in [3.8, 4) is 0 Å². The van der Waals surface area contributed by atoms with E-state index in [9.17, 15) is 4.79 Å². The van der Waals surface area contributed by atoms with E-state index in [1.807, 2.05) is 0 Å². The van der Waals surface area contributed by atoms with Crippen molar-refractivity contribution in [3.05, 3.63) is 0 Å². The third-order valence-corrected chi connectivity index (χ3v) is 3.51. The summed E-state index contributed by atoms with van der Waals surface area (Å²) in [4.78, 5) is 10.5. The van der Waals surface area contributed by atoms with Gasteiger partial charge in [-0.25, -0.2) is 0 Å². The van der Waals surface area contributed by atoms with Crippen LogP contribution in [0, 0.1) is 0 Å². The molecule has 0 N–H and O–H groups in total. The van der Waals surface area contributed by atoms with E-state index in [0.29, 0.717) is 112 Å². The molecule has 186 valence electrons. The van der Waals surface area contributed by atoms with E-state index in [2.05, 4.69) is 0 Å². The summed E-state index contributed by atoms with van der Waals surface area (Å²) in [5.41, 5.74) is 0. The van der Waals surface area contributed by atoms with E-state index in [0.717, 1.165) is 0 Å². The van der Waals surface area contributed by atoms with E-state index in [-0.39, 0.29) is 12.6 Å². The van der Waals surface area contributed by atoms with Crippen molar-refractivity contribution in [3.63, 3.8) is 0 Å².